The summed E-state index contributed by atoms with van der Waals surface area (Å²) in [5, 5.41) is 2.48. The van der Waals surface area contributed by atoms with Crippen LogP contribution in [0.3, 0.4) is 0 Å². The summed E-state index contributed by atoms with van der Waals surface area (Å²) in [5.41, 5.74) is 24.3. The Morgan fingerprint density at radius 1 is 0.306 bits per heavy atom. The van der Waals surface area contributed by atoms with Gasteiger partial charge in [0.2, 0.25) is 0 Å². The van der Waals surface area contributed by atoms with E-state index in [1.54, 1.807) is 0 Å². The molecule has 346 valence electrons. The van der Waals surface area contributed by atoms with Crippen LogP contribution in [0, 0.1) is 0 Å². The number of fused-ring (bicyclic) bond motifs is 7. The fourth-order valence-electron chi connectivity index (χ4n) is 11.5. The number of aromatic nitrogens is 1. The van der Waals surface area contributed by atoms with E-state index in [1.807, 2.05) is 0 Å². The van der Waals surface area contributed by atoms with Crippen molar-refractivity contribution in [3.05, 3.63) is 242 Å². The van der Waals surface area contributed by atoms with Crippen LogP contribution in [0.1, 0.15) is 52.7 Å². The molecule has 11 aromatic rings. The van der Waals surface area contributed by atoms with Gasteiger partial charge in [-0.25, -0.2) is 0 Å². The molecule has 3 heterocycles. The first-order chi connectivity index (χ1) is 35.0. The third-order valence-corrected chi connectivity index (χ3v) is 15.3. The molecule has 0 atom stereocenters. The van der Waals surface area contributed by atoms with Gasteiger partial charge in [-0.3, -0.25) is 0 Å². The average Bonchev–Trinajstić information content (AvgIpc) is 3.74. The third-order valence-electron chi connectivity index (χ3n) is 15.3. The molecule has 0 amide bonds. The molecular weight excluding hydrogens is 870 g/mol. The van der Waals surface area contributed by atoms with Gasteiger partial charge >= 0.3 is 0 Å². The summed E-state index contributed by atoms with van der Waals surface area (Å²) in [4.78, 5) is 5.12. The number of para-hydroxylation sites is 2. The van der Waals surface area contributed by atoms with E-state index in [4.69, 9.17) is 0 Å². The molecule has 13 rings (SSSR count). The van der Waals surface area contributed by atoms with Gasteiger partial charge in [0.1, 0.15) is 0 Å². The van der Waals surface area contributed by atoms with Gasteiger partial charge in [-0.2, -0.15) is 0 Å². The van der Waals surface area contributed by atoms with Crippen molar-refractivity contribution in [2.24, 2.45) is 0 Å². The molecule has 0 fully saturated rings. The predicted octanol–water partition coefficient (Wildman–Crippen LogP) is 16.5. The van der Waals surface area contributed by atoms with Crippen molar-refractivity contribution in [3.8, 4) is 39.1 Å². The van der Waals surface area contributed by atoms with Gasteiger partial charge in [0.05, 0.1) is 11.0 Å². The van der Waals surface area contributed by atoms with E-state index in [1.165, 1.54) is 105 Å². The summed E-state index contributed by atoms with van der Waals surface area (Å²) in [7, 11) is 0. The highest BCUT2D eigenvalue weighted by molar-refractivity contribution is 7.00. The van der Waals surface area contributed by atoms with Crippen LogP contribution in [-0.4, -0.2) is 11.3 Å². The van der Waals surface area contributed by atoms with Crippen molar-refractivity contribution in [2.75, 3.05) is 9.80 Å². The number of anilines is 6. The molecule has 2 aliphatic heterocycles. The molecule has 0 spiro atoms. The van der Waals surface area contributed by atoms with E-state index in [9.17, 15) is 0 Å². The maximum Gasteiger partial charge on any atom is 0.252 e. The van der Waals surface area contributed by atoms with Gasteiger partial charge in [-0.15, -0.1) is 0 Å². The zero-order valence-electron chi connectivity index (χ0n) is 41.9. The van der Waals surface area contributed by atoms with Crippen LogP contribution in [0.5, 0.6) is 0 Å². The van der Waals surface area contributed by atoms with Crippen LogP contribution in [0.25, 0.3) is 60.9 Å². The normalized spacial score (nSPS) is 13.1. The first kappa shape index (κ1) is 43.7. The quantitative estimate of drug-likeness (QED) is 0.154. The Morgan fingerprint density at radius 3 is 1.24 bits per heavy atom. The monoisotopic (exact) mass is 925 g/mol. The first-order valence-electron chi connectivity index (χ1n) is 25.4. The molecule has 4 heteroatoms. The molecule has 0 unspecified atom stereocenters. The number of hydrogen-bond donors (Lipinski definition) is 0. The lowest BCUT2D eigenvalue weighted by atomic mass is 9.33. The van der Waals surface area contributed by atoms with Crippen molar-refractivity contribution in [2.45, 2.75) is 52.4 Å². The fraction of sp³-hybridized carbons (Fsp3) is 0.118. The van der Waals surface area contributed by atoms with Gasteiger partial charge in [0.15, 0.2) is 0 Å². The molecule has 3 nitrogen and oxygen atoms in total. The van der Waals surface area contributed by atoms with Crippen LogP contribution in [-0.2, 0) is 10.8 Å². The fourth-order valence-corrected chi connectivity index (χ4v) is 11.5. The minimum atomic E-state index is -0.0519. The van der Waals surface area contributed by atoms with Crippen LogP contribution in [0.15, 0.2) is 231 Å². The number of hydrogen-bond acceptors (Lipinski definition) is 2. The van der Waals surface area contributed by atoms with E-state index in [0.29, 0.717) is 0 Å². The Morgan fingerprint density at radius 2 is 0.736 bits per heavy atom. The summed E-state index contributed by atoms with van der Waals surface area (Å²) in [6.07, 6.45) is 0. The van der Waals surface area contributed by atoms with E-state index < -0.39 is 0 Å². The second kappa shape index (κ2) is 16.6. The van der Waals surface area contributed by atoms with E-state index in [-0.39, 0.29) is 17.5 Å². The summed E-state index contributed by atoms with van der Waals surface area (Å²) >= 11 is 0. The van der Waals surface area contributed by atoms with Crippen molar-refractivity contribution in [1.29, 1.82) is 0 Å². The Hall–Kier alpha value is -8.34. The van der Waals surface area contributed by atoms with Gasteiger partial charge in [-0.1, -0.05) is 193 Å². The topological polar surface area (TPSA) is 11.4 Å². The molecule has 0 N–H and O–H groups in total. The van der Waals surface area contributed by atoms with E-state index in [2.05, 4.69) is 286 Å². The Bertz CT molecular complexity index is 3690. The standard InChI is InChI=1S/C68H56BN3/c1-67(2,3)51-31-38-62-58(43-51)69-59-44-52(68(4,5)6)32-39-63(59)72(55-35-28-48(29-36-55)46-20-12-8-13-21-46)65-42-50(41-64(66(65)69)71(62)54-33-26-47(27-34-54)45-18-10-7-11-19-45)49-30-37-61-57(40-49)56-24-16-17-25-60(56)70(61)53-22-14-9-15-23-53/h7-44H,1-6H3. The largest absolute Gasteiger partial charge is 0.311 e. The predicted molar refractivity (Wildman–Crippen MR) is 309 cm³/mol. The smallest absolute Gasteiger partial charge is 0.252 e. The van der Waals surface area contributed by atoms with Crippen molar-refractivity contribution in [3.63, 3.8) is 0 Å². The van der Waals surface area contributed by atoms with Crippen molar-refractivity contribution < 1.29 is 0 Å². The van der Waals surface area contributed by atoms with Gasteiger partial charge in [-0.05, 0) is 151 Å². The summed E-state index contributed by atoms with van der Waals surface area (Å²) in [6, 6.07) is 86.2. The minimum Gasteiger partial charge on any atom is -0.311 e. The lowest BCUT2D eigenvalue weighted by Crippen LogP contribution is -2.61. The number of nitrogens with zero attached hydrogens (tertiary/aromatic N) is 3. The first-order valence-corrected chi connectivity index (χ1v) is 25.4. The zero-order chi connectivity index (χ0) is 48.9. The Balaban J connectivity index is 1.11. The molecule has 72 heavy (non-hydrogen) atoms. The molecule has 2 aliphatic rings. The molecule has 0 aliphatic carbocycles. The molecular formula is C68H56BN3. The lowest BCUT2D eigenvalue weighted by Gasteiger charge is -2.45. The summed E-state index contributed by atoms with van der Waals surface area (Å²) in [5.74, 6) is 0. The summed E-state index contributed by atoms with van der Waals surface area (Å²) in [6.45, 7) is 14.0. The molecule has 0 saturated carbocycles. The second-order valence-electron chi connectivity index (χ2n) is 21.8. The molecule has 1 aromatic heterocycles. The summed E-state index contributed by atoms with van der Waals surface area (Å²) < 4.78 is 2.41. The van der Waals surface area contributed by atoms with Gasteiger partial charge in [0.25, 0.3) is 6.71 Å². The maximum absolute atomic E-state index is 2.56. The highest BCUT2D eigenvalue weighted by atomic mass is 15.2. The molecule has 10 aromatic carbocycles. The van der Waals surface area contributed by atoms with Crippen LogP contribution in [0.2, 0.25) is 0 Å². The van der Waals surface area contributed by atoms with Gasteiger partial charge in [0, 0.05) is 50.6 Å². The van der Waals surface area contributed by atoms with Gasteiger partial charge < -0.3 is 14.4 Å². The van der Waals surface area contributed by atoms with Crippen molar-refractivity contribution >= 4 is 79.0 Å². The number of benzene rings is 10. The van der Waals surface area contributed by atoms with Crippen LogP contribution in [0.4, 0.5) is 34.1 Å². The van der Waals surface area contributed by atoms with E-state index >= 15 is 0 Å². The maximum atomic E-state index is 2.56. The highest BCUT2D eigenvalue weighted by Gasteiger charge is 2.44. The molecule has 0 bridgehead atoms. The van der Waals surface area contributed by atoms with Crippen molar-refractivity contribution in [1.82, 2.24) is 4.57 Å². The Labute approximate surface area is 424 Å². The zero-order valence-corrected chi connectivity index (χ0v) is 41.9. The number of rotatable bonds is 6. The van der Waals surface area contributed by atoms with Crippen LogP contribution < -0.4 is 26.2 Å². The molecule has 0 radical (unpaired) electrons. The van der Waals surface area contributed by atoms with E-state index in [0.717, 1.165) is 17.1 Å². The highest BCUT2D eigenvalue weighted by Crippen LogP contribution is 2.48. The minimum absolute atomic E-state index is 0.0235. The second-order valence-corrected chi connectivity index (χ2v) is 21.8. The SMILES string of the molecule is CC(C)(C)c1ccc2c(c1)B1c3cc(C(C)(C)C)ccc3N(c3ccc(-c4ccccc4)cc3)c3cc(-c4ccc5c(c4)c4ccccc4n5-c4ccccc4)cc(c31)N2c1ccc(-c2ccccc2)cc1. The average molecular weight is 926 g/mol. The molecule has 0 saturated heterocycles. The Kier molecular flexibility index (Phi) is 10.1. The van der Waals surface area contributed by atoms with Crippen LogP contribution >= 0.6 is 0 Å². The lowest BCUT2D eigenvalue weighted by molar-refractivity contribution is 0.590. The third kappa shape index (κ3) is 7.19.